The molecule has 1 rings (SSSR count). The van der Waals surface area contributed by atoms with Gasteiger partial charge in [-0.05, 0) is 49.2 Å². The van der Waals surface area contributed by atoms with Crippen molar-refractivity contribution in [1.29, 1.82) is 0 Å². The third kappa shape index (κ3) is 4.01. The van der Waals surface area contributed by atoms with Gasteiger partial charge in [0.25, 0.3) is 0 Å². The van der Waals surface area contributed by atoms with Crippen molar-refractivity contribution in [3.05, 3.63) is 22.4 Å². The van der Waals surface area contributed by atoms with Crippen LogP contribution >= 0.6 is 11.3 Å². The first-order chi connectivity index (χ1) is 7.02. The Bertz CT molecular complexity index is 306. The lowest BCUT2D eigenvalue weighted by Gasteiger charge is -2.18. The summed E-state index contributed by atoms with van der Waals surface area (Å²) in [6, 6.07) is 2.07. The first-order valence-corrected chi connectivity index (χ1v) is 5.92. The van der Waals surface area contributed by atoms with Gasteiger partial charge in [-0.2, -0.15) is 11.3 Å². The largest absolute Gasteiger partial charge is 0.481 e. The number of thiophene rings is 1. The number of hydrogen-bond donors (Lipinski definition) is 2. The van der Waals surface area contributed by atoms with E-state index in [1.807, 2.05) is 5.38 Å². The van der Waals surface area contributed by atoms with Gasteiger partial charge in [-0.1, -0.05) is 0 Å². The molecule has 0 unspecified atom stereocenters. The van der Waals surface area contributed by atoms with Crippen LogP contribution in [-0.4, -0.2) is 17.6 Å². The molecule has 0 aliphatic carbocycles. The quantitative estimate of drug-likeness (QED) is 0.733. The van der Waals surface area contributed by atoms with Gasteiger partial charge in [0, 0.05) is 6.54 Å². The molecule has 0 aromatic carbocycles. The van der Waals surface area contributed by atoms with Gasteiger partial charge in [-0.25, -0.2) is 0 Å². The summed E-state index contributed by atoms with van der Waals surface area (Å²) in [4.78, 5) is 10.8. The van der Waals surface area contributed by atoms with Gasteiger partial charge in [-0.3, -0.25) is 4.79 Å². The molecule has 0 amide bonds. The minimum atomic E-state index is -0.736. The van der Waals surface area contributed by atoms with Crippen molar-refractivity contribution in [2.24, 2.45) is 5.41 Å². The van der Waals surface area contributed by atoms with Gasteiger partial charge >= 0.3 is 5.97 Å². The standard InChI is InChI=1S/C11H17NO2S/c1-11(2,10(13)14)4-5-12-7-9-3-6-15-8-9/h3,6,8,12H,4-5,7H2,1-2H3,(H,13,14). The van der Waals surface area contributed by atoms with E-state index in [1.165, 1.54) is 5.56 Å². The molecule has 0 saturated carbocycles. The van der Waals surface area contributed by atoms with E-state index in [9.17, 15) is 4.79 Å². The third-order valence-corrected chi connectivity index (χ3v) is 3.15. The summed E-state index contributed by atoms with van der Waals surface area (Å²) in [6.07, 6.45) is 0.645. The smallest absolute Gasteiger partial charge is 0.309 e. The summed E-state index contributed by atoms with van der Waals surface area (Å²) in [6.45, 7) is 5.05. The molecule has 2 N–H and O–H groups in total. The van der Waals surface area contributed by atoms with Gasteiger partial charge in [-0.15, -0.1) is 0 Å². The molecule has 0 saturated heterocycles. The van der Waals surface area contributed by atoms with Gasteiger partial charge in [0.1, 0.15) is 0 Å². The molecule has 0 aliphatic heterocycles. The van der Waals surface area contributed by atoms with Crippen LogP contribution in [0.4, 0.5) is 0 Å². The van der Waals surface area contributed by atoms with E-state index < -0.39 is 11.4 Å². The highest BCUT2D eigenvalue weighted by Crippen LogP contribution is 2.19. The first-order valence-electron chi connectivity index (χ1n) is 4.97. The summed E-state index contributed by atoms with van der Waals surface area (Å²) in [7, 11) is 0. The van der Waals surface area contributed by atoms with Crippen molar-refractivity contribution in [3.8, 4) is 0 Å². The fourth-order valence-electron chi connectivity index (χ4n) is 1.13. The van der Waals surface area contributed by atoms with Crippen LogP contribution < -0.4 is 5.32 Å². The molecule has 1 aromatic rings. The molecule has 0 spiro atoms. The first kappa shape index (κ1) is 12.2. The average Bonchev–Trinajstić information content (AvgIpc) is 2.64. The van der Waals surface area contributed by atoms with Crippen molar-refractivity contribution >= 4 is 17.3 Å². The van der Waals surface area contributed by atoms with E-state index in [2.05, 4.69) is 16.8 Å². The Morgan fingerprint density at radius 3 is 2.87 bits per heavy atom. The van der Waals surface area contributed by atoms with Gasteiger partial charge in [0.15, 0.2) is 0 Å². The molecular weight excluding hydrogens is 210 g/mol. The van der Waals surface area contributed by atoms with Crippen molar-refractivity contribution in [3.63, 3.8) is 0 Å². The van der Waals surface area contributed by atoms with Gasteiger partial charge in [0.05, 0.1) is 5.41 Å². The van der Waals surface area contributed by atoms with Crippen LogP contribution in [0.25, 0.3) is 0 Å². The second-order valence-corrected chi connectivity index (χ2v) is 5.03. The highest BCUT2D eigenvalue weighted by molar-refractivity contribution is 7.07. The maximum atomic E-state index is 10.8. The van der Waals surface area contributed by atoms with Crippen LogP contribution in [0.15, 0.2) is 16.8 Å². The lowest BCUT2D eigenvalue weighted by Crippen LogP contribution is -2.28. The van der Waals surface area contributed by atoms with E-state index in [-0.39, 0.29) is 0 Å². The number of aliphatic carboxylic acids is 1. The molecule has 15 heavy (non-hydrogen) atoms. The maximum absolute atomic E-state index is 10.8. The van der Waals surface area contributed by atoms with E-state index in [0.29, 0.717) is 6.42 Å². The number of carboxylic acid groups (broad SMARTS) is 1. The Morgan fingerprint density at radius 1 is 1.60 bits per heavy atom. The van der Waals surface area contributed by atoms with Crippen molar-refractivity contribution < 1.29 is 9.90 Å². The SMILES string of the molecule is CC(C)(CCNCc1ccsc1)C(=O)O. The topological polar surface area (TPSA) is 49.3 Å². The third-order valence-electron chi connectivity index (χ3n) is 2.41. The molecule has 3 nitrogen and oxygen atoms in total. The molecule has 0 fully saturated rings. The summed E-state index contributed by atoms with van der Waals surface area (Å²) in [5, 5.41) is 16.3. The Hall–Kier alpha value is -0.870. The fraction of sp³-hybridized carbons (Fsp3) is 0.545. The molecule has 84 valence electrons. The predicted octanol–water partition coefficient (Wildman–Crippen LogP) is 2.34. The van der Waals surface area contributed by atoms with Gasteiger partial charge < -0.3 is 10.4 Å². The Balaban J connectivity index is 2.19. The molecule has 0 bridgehead atoms. The molecule has 1 heterocycles. The summed E-state index contributed by atoms with van der Waals surface area (Å²) >= 11 is 1.67. The Morgan fingerprint density at radius 2 is 2.33 bits per heavy atom. The van der Waals surface area contributed by atoms with Crippen LogP contribution in [-0.2, 0) is 11.3 Å². The highest BCUT2D eigenvalue weighted by Gasteiger charge is 2.25. The Labute approximate surface area is 94.1 Å². The number of rotatable bonds is 6. The molecule has 0 atom stereocenters. The zero-order valence-electron chi connectivity index (χ0n) is 9.12. The second-order valence-electron chi connectivity index (χ2n) is 4.25. The summed E-state index contributed by atoms with van der Waals surface area (Å²) in [5.74, 6) is -0.736. The molecule has 0 radical (unpaired) electrons. The Kier molecular flexibility index (Phi) is 4.29. The molecule has 0 aliphatic rings. The van der Waals surface area contributed by atoms with Crippen LogP contribution in [0.2, 0.25) is 0 Å². The maximum Gasteiger partial charge on any atom is 0.309 e. The van der Waals surface area contributed by atoms with Crippen molar-refractivity contribution in [2.45, 2.75) is 26.8 Å². The normalized spacial score (nSPS) is 11.6. The highest BCUT2D eigenvalue weighted by atomic mass is 32.1. The number of nitrogens with one attached hydrogen (secondary N) is 1. The van der Waals surface area contributed by atoms with Gasteiger partial charge in [0.2, 0.25) is 0 Å². The second kappa shape index (κ2) is 5.28. The summed E-state index contributed by atoms with van der Waals surface area (Å²) < 4.78 is 0. The summed E-state index contributed by atoms with van der Waals surface area (Å²) in [5.41, 5.74) is 0.620. The lowest BCUT2D eigenvalue weighted by molar-refractivity contribution is -0.147. The predicted molar refractivity (Wildman–Crippen MR) is 62.1 cm³/mol. The number of hydrogen-bond acceptors (Lipinski definition) is 3. The van der Waals surface area contributed by atoms with Crippen LogP contribution in [0.3, 0.4) is 0 Å². The minimum absolute atomic E-state index is 0.637. The zero-order valence-corrected chi connectivity index (χ0v) is 9.93. The monoisotopic (exact) mass is 227 g/mol. The molecule has 4 heteroatoms. The van der Waals surface area contributed by atoms with E-state index in [0.717, 1.165) is 13.1 Å². The van der Waals surface area contributed by atoms with E-state index in [1.54, 1.807) is 25.2 Å². The minimum Gasteiger partial charge on any atom is -0.481 e. The number of carbonyl (C=O) groups is 1. The molecule has 1 aromatic heterocycles. The van der Waals surface area contributed by atoms with Crippen LogP contribution in [0.5, 0.6) is 0 Å². The fourth-order valence-corrected chi connectivity index (χ4v) is 1.80. The van der Waals surface area contributed by atoms with E-state index >= 15 is 0 Å². The number of carboxylic acids is 1. The zero-order chi connectivity index (χ0) is 11.3. The van der Waals surface area contributed by atoms with Crippen molar-refractivity contribution in [1.82, 2.24) is 5.32 Å². The lowest BCUT2D eigenvalue weighted by atomic mass is 9.90. The van der Waals surface area contributed by atoms with Crippen LogP contribution in [0, 0.1) is 5.41 Å². The molecular formula is C11H17NO2S. The average molecular weight is 227 g/mol. The van der Waals surface area contributed by atoms with Crippen LogP contribution in [0.1, 0.15) is 25.8 Å². The van der Waals surface area contributed by atoms with Crippen molar-refractivity contribution in [2.75, 3.05) is 6.54 Å². The van der Waals surface area contributed by atoms with E-state index in [4.69, 9.17) is 5.11 Å².